The first kappa shape index (κ1) is 13.6. The molecule has 0 aromatic heterocycles. The van der Waals surface area contributed by atoms with Crippen molar-refractivity contribution >= 4 is 27.7 Å². The Morgan fingerprint density at radius 2 is 1.89 bits per heavy atom. The van der Waals surface area contributed by atoms with Crippen LogP contribution in [0.5, 0.6) is 0 Å². The summed E-state index contributed by atoms with van der Waals surface area (Å²) in [7, 11) is 0. The second-order valence-corrected chi connectivity index (χ2v) is 5.89. The molecular weight excluding hydrogens is 313 g/mol. The number of halogens is 2. The fourth-order valence-corrected chi connectivity index (χ4v) is 3.23. The van der Waals surface area contributed by atoms with Gasteiger partial charge < -0.3 is 5.73 Å². The molecule has 0 bridgehead atoms. The van der Waals surface area contributed by atoms with Crippen molar-refractivity contribution in [2.45, 2.75) is 22.8 Å². The maximum Gasteiger partial charge on any atom is 0.137 e. The van der Waals surface area contributed by atoms with Crippen LogP contribution in [0.3, 0.4) is 0 Å². The smallest absolute Gasteiger partial charge is 0.137 e. The van der Waals surface area contributed by atoms with Crippen molar-refractivity contribution in [2.24, 2.45) is 5.73 Å². The van der Waals surface area contributed by atoms with Crippen molar-refractivity contribution in [1.29, 1.82) is 0 Å². The van der Waals surface area contributed by atoms with Crippen molar-refractivity contribution in [3.05, 3.63) is 58.3 Å². The zero-order chi connectivity index (χ0) is 13.1. The molecule has 4 heteroatoms. The molecule has 1 atom stereocenters. The van der Waals surface area contributed by atoms with Gasteiger partial charge in [0, 0.05) is 15.4 Å². The molecule has 0 spiro atoms. The highest BCUT2D eigenvalue weighted by Crippen LogP contribution is 2.38. The Hall–Kier alpha value is -0.840. The molecule has 2 N–H and O–H groups in total. The molecule has 0 aliphatic carbocycles. The van der Waals surface area contributed by atoms with E-state index in [9.17, 15) is 4.39 Å². The Morgan fingerprint density at radius 1 is 1.17 bits per heavy atom. The number of benzene rings is 2. The molecule has 1 nitrogen and oxygen atoms in total. The lowest BCUT2D eigenvalue weighted by molar-refractivity contribution is 0.591. The van der Waals surface area contributed by atoms with E-state index in [4.69, 9.17) is 5.73 Å². The monoisotopic (exact) mass is 325 g/mol. The van der Waals surface area contributed by atoms with Crippen LogP contribution in [0, 0.1) is 5.82 Å². The lowest BCUT2D eigenvalue weighted by Crippen LogP contribution is -2.07. The van der Waals surface area contributed by atoms with Gasteiger partial charge >= 0.3 is 0 Å². The van der Waals surface area contributed by atoms with Crippen LogP contribution < -0.4 is 5.73 Å². The van der Waals surface area contributed by atoms with E-state index in [1.807, 2.05) is 37.3 Å². The van der Waals surface area contributed by atoms with Gasteiger partial charge in [0.15, 0.2) is 0 Å². The summed E-state index contributed by atoms with van der Waals surface area (Å²) in [5.41, 5.74) is 6.71. The van der Waals surface area contributed by atoms with Gasteiger partial charge in [-0.25, -0.2) is 4.39 Å². The third-order valence-electron chi connectivity index (χ3n) is 2.54. The van der Waals surface area contributed by atoms with E-state index in [1.165, 1.54) is 17.8 Å². The van der Waals surface area contributed by atoms with Crippen molar-refractivity contribution < 1.29 is 4.39 Å². The van der Waals surface area contributed by atoms with Gasteiger partial charge in [0.05, 0.1) is 4.90 Å². The van der Waals surface area contributed by atoms with E-state index in [0.29, 0.717) is 4.90 Å². The first-order valence-corrected chi connectivity index (χ1v) is 7.17. The predicted molar refractivity (Wildman–Crippen MR) is 77.3 cm³/mol. The molecule has 0 amide bonds. The Balaban J connectivity index is 2.43. The number of rotatable bonds is 3. The Kier molecular flexibility index (Phi) is 4.43. The molecule has 2 aromatic rings. The van der Waals surface area contributed by atoms with Crippen molar-refractivity contribution in [3.63, 3.8) is 0 Å². The highest BCUT2D eigenvalue weighted by atomic mass is 79.9. The molecular formula is C14H13BrFNS. The molecule has 0 saturated carbocycles. The zero-order valence-electron chi connectivity index (χ0n) is 9.86. The van der Waals surface area contributed by atoms with Crippen LogP contribution in [0.2, 0.25) is 0 Å². The summed E-state index contributed by atoms with van der Waals surface area (Å²) in [4.78, 5) is 1.57. The Bertz CT molecular complexity index is 557. The van der Waals surface area contributed by atoms with Gasteiger partial charge in [-0.3, -0.25) is 0 Å². The third-order valence-corrected chi connectivity index (χ3v) is 4.70. The normalized spacial score (nSPS) is 12.4. The van der Waals surface area contributed by atoms with Crippen LogP contribution in [0.1, 0.15) is 18.5 Å². The predicted octanol–water partition coefficient (Wildman–Crippen LogP) is 4.76. The molecule has 0 saturated heterocycles. The third kappa shape index (κ3) is 2.94. The lowest BCUT2D eigenvalue weighted by Gasteiger charge is -2.13. The van der Waals surface area contributed by atoms with Gasteiger partial charge in [-0.2, -0.15) is 0 Å². The minimum Gasteiger partial charge on any atom is -0.324 e. The van der Waals surface area contributed by atoms with Gasteiger partial charge in [-0.15, -0.1) is 0 Å². The van der Waals surface area contributed by atoms with Crippen molar-refractivity contribution in [1.82, 2.24) is 0 Å². The molecule has 2 aromatic carbocycles. The summed E-state index contributed by atoms with van der Waals surface area (Å²) < 4.78 is 14.9. The lowest BCUT2D eigenvalue weighted by atomic mass is 10.1. The summed E-state index contributed by atoms with van der Waals surface area (Å²) in [6.07, 6.45) is 0. The average Bonchev–Trinajstić information content (AvgIpc) is 2.34. The SMILES string of the molecule is C[C@H](N)c1cccc(F)c1Sc1ccccc1Br. The summed E-state index contributed by atoms with van der Waals surface area (Å²) in [6.45, 7) is 1.86. The highest BCUT2D eigenvalue weighted by molar-refractivity contribution is 9.10. The fraction of sp³-hybridized carbons (Fsp3) is 0.143. The van der Waals surface area contributed by atoms with E-state index < -0.39 is 0 Å². The number of hydrogen-bond donors (Lipinski definition) is 1. The topological polar surface area (TPSA) is 26.0 Å². The minimum atomic E-state index is -0.231. The largest absolute Gasteiger partial charge is 0.324 e. The second kappa shape index (κ2) is 5.87. The molecule has 0 aliphatic rings. The van der Waals surface area contributed by atoms with Crippen LogP contribution in [0.4, 0.5) is 4.39 Å². The first-order valence-electron chi connectivity index (χ1n) is 5.56. The second-order valence-electron chi connectivity index (χ2n) is 3.98. The van der Waals surface area contributed by atoms with E-state index in [2.05, 4.69) is 15.9 Å². The van der Waals surface area contributed by atoms with Gasteiger partial charge in [-0.05, 0) is 46.6 Å². The molecule has 0 radical (unpaired) electrons. The van der Waals surface area contributed by atoms with E-state index >= 15 is 0 Å². The number of hydrogen-bond acceptors (Lipinski definition) is 2. The van der Waals surface area contributed by atoms with Gasteiger partial charge in [0.1, 0.15) is 5.82 Å². The molecule has 94 valence electrons. The van der Waals surface area contributed by atoms with E-state index in [-0.39, 0.29) is 11.9 Å². The summed E-state index contributed by atoms with van der Waals surface area (Å²) >= 11 is 4.86. The van der Waals surface area contributed by atoms with Crippen molar-refractivity contribution in [2.75, 3.05) is 0 Å². The standard InChI is InChI=1S/C14H13BrFNS/c1-9(17)10-5-4-7-12(16)14(10)18-13-8-3-2-6-11(13)15/h2-9H,17H2,1H3/t9-/m0/s1. The van der Waals surface area contributed by atoms with Gasteiger partial charge in [-0.1, -0.05) is 36.0 Å². The number of nitrogens with two attached hydrogens (primary N) is 1. The fourth-order valence-electron chi connectivity index (χ4n) is 1.63. The summed E-state index contributed by atoms with van der Waals surface area (Å²) in [5, 5.41) is 0. The van der Waals surface area contributed by atoms with E-state index in [1.54, 1.807) is 6.07 Å². The molecule has 18 heavy (non-hydrogen) atoms. The molecule has 0 unspecified atom stereocenters. The minimum absolute atomic E-state index is 0.189. The van der Waals surface area contributed by atoms with Gasteiger partial charge in [0.25, 0.3) is 0 Å². The highest BCUT2D eigenvalue weighted by Gasteiger charge is 2.13. The average molecular weight is 326 g/mol. The van der Waals surface area contributed by atoms with Crippen LogP contribution in [-0.4, -0.2) is 0 Å². The first-order chi connectivity index (χ1) is 8.59. The van der Waals surface area contributed by atoms with Crippen LogP contribution in [-0.2, 0) is 0 Å². The Labute approximate surface area is 119 Å². The summed E-state index contributed by atoms with van der Waals surface area (Å²) in [5.74, 6) is -0.231. The maximum absolute atomic E-state index is 13.9. The quantitative estimate of drug-likeness (QED) is 0.880. The summed E-state index contributed by atoms with van der Waals surface area (Å²) in [6, 6.07) is 12.6. The van der Waals surface area contributed by atoms with E-state index in [0.717, 1.165) is 14.9 Å². The molecule has 0 heterocycles. The van der Waals surface area contributed by atoms with Gasteiger partial charge in [0.2, 0.25) is 0 Å². The van der Waals surface area contributed by atoms with Crippen LogP contribution in [0.15, 0.2) is 56.7 Å². The Morgan fingerprint density at radius 3 is 2.56 bits per heavy atom. The van der Waals surface area contributed by atoms with Crippen molar-refractivity contribution in [3.8, 4) is 0 Å². The molecule has 0 fully saturated rings. The van der Waals surface area contributed by atoms with Crippen LogP contribution >= 0.6 is 27.7 Å². The van der Waals surface area contributed by atoms with Crippen LogP contribution in [0.25, 0.3) is 0 Å². The molecule has 2 rings (SSSR count). The zero-order valence-corrected chi connectivity index (χ0v) is 12.3. The maximum atomic E-state index is 13.9. The molecule has 0 aliphatic heterocycles.